The first-order valence-electron chi connectivity index (χ1n) is 7.87. The Bertz CT molecular complexity index is 961. The Balaban J connectivity index is 2.18. The maximum absolute atomic E-state index is 2.36. The van der Waals surface area contributed by atoms with Crippen LogP contribution in [0.4, 0.5) is 0 Å². The standard InChI is InChI=1S/C21H19N/c1-3-16-10-12-21-19(14-16)18-13-15(2)9-11-20(18)22(21)17-7-5-4-6-8-17/h4-14H,3H2,1-2H3. The number of fused-ring (bicyclic) bond motifs is 3. The van der Waals surface area contributed by atoms with Gasteiger partial charge in [-0.25, -0.2) is 0 Å². The summed E-state index contributed by atoms with van der Waals surface area (Å²) in [4.78, 5) is 0. The summed E-state index contributed by atoms with van der Waals surface area (Å²) in [5.74, 6) is 0. The van der Waals surface area contributed by atoms with Crippen LogP contribution in [-0.4, -0.2) is 4.57 Å². The minimum Gasteiger partial charge on any atom is -0.309 e. The first-order chi connectivity index (χ1) is 10.8. The maximum Gasteiger partial charge on any atom is 0.0541 e. The Morgan fingerprint density at radius 3 is 2.18 bits per heavy atom. The third-order valence-corrected chi connectivity index (χ3v) is 4.41. The van der Waals surface area contributed by atoms with E-state index >= 15 is 0 Å². The quantitative estimate of drug-likeness (QED) is 0.448. The van der Waals surface area contributed by atoms with Gasteiger partial charge in [-0.15, -0.1) is 0 Å². The Hall–Kier alpha value is -2.54. The van der Waals surface area contributed by atoms with Crippen molar-refractivity contribution in [1.82, 2.24) is 4.57 Å². The van der Waals surface area contributed by atoms with Crippen LogP contribution >= 0.6 is 0 Å². The van der Waals surface area contributed by atoms with Crippen molar-refractivity contribution in [1.29, 1.82) is 0 Å². The maximum atomic E-state index is 2.36. The number of para-hydroxylation sites is 1. The first kappa shape index (κ1) is 13.1. The zero-order chi connectivity index (χ0) is 15.1. The van der Waals surface area contributed by atoms with Gasteiger partial charge in [-0.05, 0) is 55.3 Å². The molecular formula is C21H19N. The van der Waals surface area contributed by atoms with E-state index in [9.17, 15) is 0 Å². The number of hydrogen-bond donors (Lipinski definition) is 0. The lowest BCUT2D eigenvalue weighted by atomic mass is 10.1. The van der Waals surface area contributed by atoms with Crippen molar-refractivity contribution in [2.75, 3.05) is 0 Å². The fourth-order valence-electron chi connectivity index (χ4n) is 3.26. The van der Waals surface area contributed by atoms with Gasteiger partial charge in [0.1, 0.15) is 0 Å². The number of aromatic nitrogens is 1. The molecule has 0 bridgehead atoms. The van der Waals surface area contributed by atoms with Crippen LogP contribution in [0.1, 0.15) is 18.1 Å². The Labute approximate surface area is 130 Å². The monoisotopic (exact) mass is 285 g/mol. The molecule has 4 aromatic rings. The van der Waals surface area contributed by atoms with Gasteiger partial charge in [-0.1, -0.05) is 42.8 Å². The number of hydrogen-bond acceptors (Lipinski definition) is 0. The highest BCUT2D eigenvalue weighted by atomic mass is 15.0. The SMILES string of the molecule is CCc1ccc2c(c1)c1cc(C)ccc1n2-c1ccccc1. The molecule has 0 spiro atoms. The van der Waals surface area contributed by atoms with Crippen molar-refractivity contribution in [3.05, 3.63) is 77.9 Å². The smallest absolute Gasteiger partial charge is 0.0541 e. The summed E-state index contributed by atoms with van der Waals surface area (Å²) in [6.45, 7) is 4.37. The lowest BCUT2D eigenvalue weighted by Crippen LogP contribution is -1.93. The average Bonchev–Trinajstić information content (AvgIpc) is 2.88. The molecule has 0 fully saturated rings. The summed E-state index contributed by atoms with van der Waals surface area (Å²) >= 11 is 0. The fourth-order valence-corrected chi connectivity index (χ4v) is 3.26. The number of benzene rings is 3. The van der Waals surface area contributed by atoms with Gasteiger partial charge in [0.25, 0.3) is 0 Å². The van der Waals surface area contributed by atoms with Gasteiger partial charge in [0.15, 0.2) is 0 Å². The van der Waals surface area contributed by atoms with Gasteiger partial charge in [0.2, 0.25) is 0 Å². The van der Waals surface area contributed by atoms with Crippen molar-refractivity contribution < 1.29 is 0 Å². The molecule has 1 nitrogen and oxygen atoms in total. The van der Waals surface area contributed by atoms with Crippen molar-refractivity contribution in [2.45, 2.75) is 20.3 Å². The molecule has 0 aliphatic rings. The lowest BCUT2D eigenvalue weighted by molar-refractivity contribution is 1.14. The van der Waals surface area contributed by atoms with Gasteiger partial charge in [-0.2, -0.15) is 0 Å². The zero-order valence-corrected chi connectivity index (χ0v) is 13.0. The largest absolute Gasteiger partial charge is 0.309 e. The molecule has 1 aromatic heterocycles. The van der Waals surface area contributed by atoms with Crippen LogP contribution in [0.2, 0.25) is 0 Å². The zero-order valence-electron chi connectivity index (χ0n) is 13.0. The second kappa shape index (κ2) is 5.03. The highest BCUT2D eigenvalue weighted by Gasteiger charge is 2.12. The molecule has 0 saturated carbocycles. The number of aryl methyl sites for hydroxylation is 2. The van der Waals surface area contributed by atoms with Crippen LogP contribution in [0.15, 0.2) is 66.7 Å². The van der Waals surface area contributed by atoms with E-state index in [2.05, 4.69) is 85.1 Å². The predicted molar refractivity (Wildman–Crippen MR) is 94.9 cm³/mol. The average molecular weight is 285 g/mol. The molecule has 1 heteroatoms. The molecule has 0 amide bonds. The second-order valence-corrected chi connectivity index (χ2v) is 5.90. The van der Waals surface area contributed by atoms with Gasteiger partial charge in [-0.3, -0.25) is 0 Å². The highest BCUT2D eigenvalue weighted by molar-refractivity contribution is 6.09. The molecular weight excluding hydrogens is 266 g/mol. The third-order valence-electron chi connectivity index (χ3n) is 4.41. The second-order valence-electron chi connectivity index (χ2n) is 5.90. The molecule has 0 saturated heterocycles. The molecule has 0 aliphatic heterocycles. The van der Waals surface area contributed by atoms with Crippen molar-refractivity contribution in [3.63, 3.8) is 0 Å². The molecule has 0 radical (unpaired) electrons. The molecule has 3 aromatic carbocycles. The molecule has 0 N–H and O–H groups in total. The van der Waals surface area contributed by atoms with Crippen LogP contribution < -0.4 is 0 Å². The highest BCUT2D eigenvalue weighted by Crippen LogP contribution is 2.33. The number of rotatable bonds is 2. The van der Waals surface area contributed by atoms with Crippen LogP contribution in [0.3, 0.4) is 0 Å². The minimum absolute atomic E-state index is 1.07. The minimum atomic E-state index is 1.07. The van der Waals surface area contributed by atoms with E-state index in [1.807, 2.05) is 0 Å². The Morgan fingerprint density at radius 2 is 1.45 bits per heavy atom. The van der Waals surface area contributed by atoms with E-state index in [0.29, 0.717) is 0 Å². The summed E-state index contributed by atoms with van der Waals surface area (Å²) in [7, 11) is 0. The summed E-state index contributed by atoms with van der Waals surface area (Å²) in [5.41, 5.74) is 6.47. The normalized spacial score (nSPS) is 11.4. The summed E-state index contributed by atoms with van der Waals surface area (Å²) in [6, 6.07) is 24.2. The Morgan fingerprint density at radius 1 is 0.773 bits per heavy atom. The molecule has 22 heavy (non-hydrogen) atoms. The Kier molecular flexibility index (Phi) is 3.00. The summed E-state index contributed by atoms with van der Waals surface area (Å²) in [5, 5.41) is 2.69. The number of nitrogens with zero attached hydrogens (tertiary/aromatic N) is 1. The van der Waals surface area contributed by atoms with Crippen LogP contribution in [-0.2, 0) is 6.42 Å². The molecule has 0 atom stereocenters. The molecule has 0 aliphatic carbocycles. The van der Waals surface area contributed by atoms with Crippen LogP contribution in [0.5, 0.6) is 0 Å². The first-order valence-corrected chi connectivity index (χ1v) is 7.87. The van der Waals surface area contributed by atoms with Gasteiger partial charge in [0.05, 0.1) is 11.0 Å². The van der Waals surface area contributed by atoms with E-state index in [1.54, 1.807) is 0 Å². The fraction of sp³-hybridized carbons (Fsp3) is 0.143. The summed E-state index contributed by atoms with van der Waals surface area (Å²) in [6.07, 6.45) is 1.07. The van der Waals surface area contributed by atoms with Crippen molar-refractivity contribution in [3.8, 4) is 5.69 Å². The van der Waals surface area contributed by atoms with E-state index in [-0.39, 0.29) is 0 Å². The van der Waals surface area contributed by atoms with Gasteiger partial charge in [0, 0.05) is 16.5 Å². The van der Waals surface area contributed by atoms with E-state index in [0.717, 1.165) is 6.42 Å². The topological polar surface area (TPSA) is 4.93 Å². The third kappa shape index (κ3) is 1.93. The van der Waals surface area contributed by atoms with E-state index in [4.69, 9.17) is 0 Å². The van der Waals surface area contributed by atoms with Crippen molar-refractivity contribution in [2.24, 2.45) is 0 Å². The van der Waals surface area contributed by atoms with Crippen LogP contribution in [0.25, 0.3) is 27.5 Å². The molecule has 1 heterocycles. The lowest BCUT2D eigenvalue weighted by Gasteiger charge is -2.07. The van der Waals surface area contributed by atoms with Crippen LogP contribution in [0, 0.1) is 6.92 Å². The molecule has 4 rings (SSSR count). The van der Waals surface area contributed by atoms with E-state index < -0.39 is 0 Å². The molecule has 108 valence electrons. The predicted octanol–water partition coefficient (Wildman–Crippen LogP) is 5.65. The molecule has 0 unspecified atom stereocenters. The van der Waals surface area contributed by atoms with Crippen molar-refractivity contribution >= 4 is 21.8 Å². The summed E-state index contributed by atoms with van der Waals surface area (Å²) < 4.78 is 2.36. The van der Waals surface area contributed by atoms with Gasteiger partial charge >= 0.3 is 0 Å². The van der Waals surface area contributed by atoms with E-state index in [1.165, 1.54) is 38.6 Å². The van der Waals surface area contributed by atoms with Gasteiger partial charge < -0.3 is 4.57 Å².